The molecule has 0 aliphatic heterocycles. The summed E-state index contributed by atoms with van der Waals surface area (Å²) in [6, 6.07) is 18.4. The molecule has 3 heteroatoms. The van der Waals surface area contributed by atoms with Gasteiger partial charge in [-0.1, -0.05) is 30.3 Å². The number of aryl methyl sites for hydroxylation is 1. The van der Waals surface area contributed by atoms with E-state index in [2.05, 4.69) is 34.6 Å². The molecule has 0 fully saturated rings. The molecule has 0 saturated heterocycles. The molecule has 21 heavy (non-hydrogen) atoms. The second-order valence-electron chi connectivity index (χ2n) is 4.91. The molecule has 1 heterocycles. The first-order chi connectivity index (χ1) is 10.3. The van der Waals surface area contributed by atoms with Crippen molar-refractivity contribution in [3.8, 4) is 0 Å². The van der Waals surface area contributed by atoms with Crippen molar-refractivity contribution in [2.45, 2.75) is 13.5 Å². The molecule has 0 N–H and O–H groups in total. The number of hydrogen-bond acceptors (Lipinski definition) is 2. The molecule has 0 saturated carbocycles. The molecule has 106 valence electrons. The van der Waals surface area contributed by atoms with Crippen LogP contribution in [-0.2, 0) is 6.54 Å². The van der Waals surface area contributed by atoms with Crippen molar-refractivity contribution in [2.75, 3.05) is 11.9 Å². The van der Waals surface area contributed by atoms with Crippen LogP contribution in [-0.4, -0.2) is 7.05 Å². The Bertz CT molecular complexity index is 759. The third-order valence-corrected chi connectivity index (χ3v) is 3.56. The van der Waals surface area contributed by atoms with Crippen LogP contribution < -0.4 is 9.47 Å². The van der Waals surface area contributed by atoms with E-state index in [1.54, 1.807) is 0 Å². The molecule has 0 unspecified atom stereocenters. The third kappa shape index (κ3) is 2.68. The molecule has 0 aliphatic rings. The Balaban J connectivity index is 1.92. The number of fused-ring (bicyclic) bond motifs is 1. The first-order valence-corrected chi connectivity index (χ1v) is 7.17. The molecule has 3 rings (SSSR count). The van der Waals surface area contributed by atoms with Crippen LogP contribution in [0.3, 0.4) is 0 Å². The minimum atomic E-state index is 0.862. The van der Waals surface area contributed by atoms with E-state index in [0.29, 0.717) is 0 Å². The van der Waals surface area contributed by atoms with Crippen LogP contribution >= 0.6 is 0 Å². The van der Waals surface area contributed by atoms with Crippen LogP contribution in [0.15, 0.2) is 65.2 Å². The van der Waals surface area contributed by atoms with Crippen LogP contribution in [0.2, 0.25) is 0 Å². The molecular weight excluding hydrogens is 260 g/mol. The van der Waals surface area contributed by atoms with Crippen molar-refractivity contribution >= 4 is 22.9 Å². The number of rotatable bonds is 4. The van der Waals surface area contributed by atoms with Crippen molar-refractivity contribution in [1.82, 2.24) is 0 Å². The van der Waals surface area contributed by atoms with Gasteiger partial charge in [0.25, 0.3) is 5.52 Å². The lowest BCUT2D eigenvalue weighted by atomic mass is 10.3. The molecule has 2 aromatic carbocycles. The van der Waals surface area contributed by atoms with Crippen LogP contribution in [0.25, 0.3) is 17.2 Å². The van der Waals surface area contributed by atoms with Gasteiger partial charge in [-0.15, -0.1) is 0 Å². The molecular formula is C18H19N2O+. The molecule has 0 bridgehead atoms. The van der Waals surface area contributed by atoms with Crippen molar-refractivity contribution in [1.29, 1.82) is 0 Å². The second-order valence-corrected chi connectivity index (χ2v) is 4.91. The summed E-state index contributed by atoms with van der Waals surface area (Å²) >= 11 is 0. The zero-order chi connectivity index (χ0) is 14.7. The summed E-state index contributed by atoms with van der Waals surface area (Å²) in [4.78, 5) is 2.08. The molecule has 0 spiro atoms. The van der Waals surface area contributed by atoms with Crippen LogP contribution in [0, 0.1) is 0 Å². The van der Waals surface area contributed by atoms with Crippen LogP contribution in [0.5, 0.6) is 0 Å². The highest BCUT2D eigenvalue weighted by atomic mass is 16.3. The standard InChI is InChI=1S/C18H19N2O/c1-3-20-16-11-7-8-12-17(16)21-18(20)13-14-19(2)15-9-5-4-6-10-15/h4-14H,3H2,1-2H3/q+1. The van der Waals surface area contributed by atoms with Gasteiger partial charge in [0, 0.05) is 25.0 Å². The Morgan fingerprint density at radius 2 is 1.76 bits per heavy atom. The summed E-state index contributed by atoms with van der Waals surface area (Å²) in [6.07, 6.45) is 4.04. The lowest BCUT2D eigenvalue weighted by Gasteiger charge is -2.12. The van der Waals surface area contributed by atoms with Gasteiger partial charge in [-0.2, -0.15) is 4.57 Å². The smallest absolute Gasteiger partial charge is 0.375 e. The Hall–Kier alpha value is -2.55. The van der Waals surface area contributed by atoms with Gasteiger partial charge in [0.15, 0.2) is 0 Å². The fourth-order valence-electron chi connectivity index (χ4n) is 2.43. The van der Waals surface area contributed by atoms with E-state index in [-0.39, 0.29) is 0 Å². The molecule has 0 radical (unpaired) electrons. The highest BCUT2D eigenvalue weighted by Crippen LogP contribution is 2.16. The van der Waals surface area contributed by atoms with Crippen LogP contribution in [0.1, 0.15) is 12.8 Å². The number of anilines is 1. The molecule has 0 amide bonds. The number of aromatic nitrogens is 1. The third-order valence-electron chi connectivity index (χ3n) is 3.56. The van der Waals surface area contributed by atoms with Gasteiger partial charge in [-0.25, -0.2) is 0 Å². The van der Waals surface area contributed by atoms with E-state index in [9.17, 15) is 0 Å². The van der Waals surface area contributed by atoms with Gasteiger partial charge in [0.05, 0.1) is 6.08 Å². The largest absolute Gasteiger partial charge is 0.398 e. The van der Waals surface area contributed by atoms with E-state index < -0.39 is 0 Å². The zero-order valence-corrected chi connectivity index (χ0v) is 12.4. The summed E-state index contributed by atoms with van der Waals surface area (Å²) in [7, 11) is 2.03. The fourth-order valence-corrected chi connectivity index (χ4v) is 2.43. The summed E-state index contributed by atoms with van der Waals surface area (Å²) < 4.78 is 8.10. The van der Waals surface area contributed by atoms with Gasteiger partial charge < -0.3 is 9.32 Å². The quantitative estimate of drug-likeness (QED) is 0.676. The van der Waals surface area contributed by atoms with Gasteiger partial charge >= 0.3 is 5.89 Å². The lowest BCUT2D eigenvalue weighted by Crippen LogP contribution is -2.33. The van der Waals surface area contributed by atoms with Crippen molar-refractivity contribution < 1.29 is 8.98 Å². The average molecular weight is 279 g/mol. The Kier molecular flexibility index (Phi) is 3.73. The summed E-state index contributed by atoms with van der Waals surface area (Å²) in [6.45, 7) is 3.01. The first-order valence-electron chi connectivity index (χ1n) is 7.17. The topological polar surface area (TPSA) is 20.3 Å². The van der Waals surface area contributed by atoms with Crippen LogP contribution in [0.4, 0.5) is 5.69 Å². The highest BCUT2D eigenvalue weighted by molar-refractivity contribution is 5.69. The molecule has 0 atom stereocenters. The van der Waals surface area contributed by atoms with Crippen molar-refractivity contribution in [3.05, 3.63) is 66.7 Å². The van der Waals surface area contributed by atoms with Gasteiger partial charge in [0.2, 0.25) is 5.58 Å². The van der Waals surface area contributed by atoms with E-state index in [0.717, 1.165) is 29.2 Å². The van der Waals surface area contributed by atoms with E-state index in [1.807, 2.05) is 55.7 Å². The van der Waals surface area contributed by atoms with Gasteiger partial charge in [-0.05, 0) is 25.1 Å². The number of nitrogens with zero attached hydrogens (tertiary/aromatic N) is 2. The van der Waals surface area contributed by atoms with E-state index in [1.165, 1.54) is 0 Å². The number of benzene rings is 2. The maximum absolute atomic E-state index is 5.93. The predicted octanol–water partition coefficient (Wildman–Crippen LogP) is 3.85. The SMILES string of the molecule is CC[n+]1c(C=CN(C)c2ccccc2)oc2ccccc21. The minimum Gasteiger partial charge on any atom is -0.398 e. The Morgan fingerprint density at radius 3 is 2.52 bits per heavy atom. The van der Waals surface area contributed by atoms with E-state index >= 15 is 0 Å². The average Bonchev–Trinajstić information content (AvgIpc) is 2.91. The van der Waals surface area contributed by atoms with E-state index in [4.69, 9.17) is 4.42 Å². The highest BCUT2D eigenvalue weighted by Gasteiger charge is 2.18. The summed E-state index contributed by atoms with van der Waals surface area (Å²) in [5, 5.41) is 0. The lowest BCUT2D eigenvalue weighted by molar-refractivity contribution is -0.674. The minimum absolute atomic E-state index is 0.862. The first kappa shape index (κ1) is 13.4. The number of para-hydroxylation sites is 3. The predicted molar refractivity (Wildman–Crippen MR) is 86.0 cm³/mol. The van der Waals surface area contributed by atoms with Gasteiger partial charge in [0.1, 0.15) is 6.54 Å². The van der Waals surface area contributed by atoms with Gasteiger partial charge in [-0.3, -0.25) is 0 Å². The zero-order valence-electron chi connectivity index (χ0n) is 12.4. The second kappa shape index (κ2) is 5.83. The summed E-state index contributed by atoms with van der Waals surface area (Å²) in [5.74, 6) is 0.862. The normalized spacial score (nSPS) is 11.3. The molecule has 0 aliphatic carbocycles. The number of oxazole rings is 1. The maximum Gasteiger partial charge on any atom is 0.375 e. The summed E-state index contributed by atoms with van der Waals surface area (Å²) in [5.41, 5.74) is 3.19. The molecule has 3 aromatic rings. The Morgan fingerprint density at radius 1 is 1.05 bits per heavy atom. The maximum atomic E-state index is 5.93. The Labute approximate surface area is 124 Å². The fraction of sp³-hybridized carbons (Fsp3) is 0.167. The molecule has 3 nitrogen and oxygen atoms in total. The van der Waals surface area contributed by atoms with Crippen molar-refractivity contribution in [3.63, 3.8) is 0 Å². The monoisotopic (exact) mass is 279 g/mol. The number of hydrogen-bond donors (Lipinski definition) is 0. The molecule has 1 aromatic heterocycles. The van der Waals surface area contributed by atoms with Crippen molar-refractivity contribution in [2.24, 2.45) is 0 Å².